The maximum absolute atomic E-state index is 12.3. The molecule has 0 aliphatic rings. The number of pyridine rings is 1. The number of aryl methyl sites for hydroxylation is 1. The van der Waals surface area contributed by atoms with Gasteiger partial charge in [0, 0.05) is 28.5 Å². The van der Waals surface area contributed by atoms with Gasteiger partial charge in [-0.3, -0.25) is 0 Å². The second-order valence-corrected chi connectivity index (χ2v) is 6.82. The van der Waals surface area contributed by atoms with E-state index in [1.807, 2.05) is 13.0 Å². The number of alkyl halides is 2. The SMILES string of the molecule is CCc1nn2ccc(Cl)cc2c1-c1cc(N)nc(Nc2ccc(OC(F)F)cc2)n1. The Kier molecular flexibility index (Phi) is 5.37. The molecule has 0 atom stereocenters. The number of fused-ring (bicyclic) bond motifs is 1. The van der Waals surface area contributed by atoms with E-state index in [4.69, 9.17) is 17.3 Å². The lowest BCUT2D eigenvalue weighted by Crippen LogP contribution is -2.03. The summed E-state index contributed by atoms with van der Waals surface area (Å²) in [7, 11) is 0. The van der Waals surface area contributed by atoms with Crippen molar-refractivity contribution in [2.75, 3.05) is 11.1 Å². The second kappa shape index (κ2) is 8.11. The fourth-order valence-corrected chi connectivity index (χ4v) is 3.25. The molecule has 0 saturated heterocycles. The molecule has 1 aromatic carbocycles. The van der Waals surface area contributed by atoms with Crippen molar-refractivity contribution in [3.63, 3.8) is 0 Å². The van der Waals surface area contributed by atoms with Crippen LogP contribution in [0, 0.1) is 0 Å². The van der Waals surface area contributed by atoms with Crippen molar-refractivity contribution in [2.24, 2.45) is 0 Å². The number of hydrogen-bond donors (Lipinski definition) is 2. The number of hydrogen-bond acceptors (Lipinski definition) is 6. The minimum Gasteiger partial charge on any atom is -0.435 e. The number of rotatable bonds is 6. The molecule has 30 heavy (non-hydrogen) atoms. The van der Waals surface area contributed by atoms with E-state index in [1.54, 1.807) is 35.0 Å². The van der Waals surface area contributed by atoms with Crippen LogP contribution in [0.4, 0.5) is 26.2 Å². The van der Waals surface area contributed by atoms with Gasteiger partial charge in [-0.25, -0.2) is 9.50 Å². The van der Waals surface area contributed by atoms with Crippen LogP contribution in [0.2, 0.25) is 5.02 Å². The van der Waals surface area contributed by atoms with Crippen LogP contribution >= 0.6 is 11.6 Å². The molecule has 0 radical (unpaired) electrons. The van der Waals surface area contributed by atoms with Crippen LogP contribution in [0.15, 0.2) is 48.7 Å². The number of nitrogens with zero attached hydrogens (tertiary/aromatic N) is 4. The Bertz CT molecular complexity index is 1200. The molecule has 7 nitrogen and oxygen atoms in total. The standard InChI is InChI=1S/C20H17ClF2N6O/c1-2-14-18(16-9-11(21)7-8-29(16)28-14)15-10-17(24)27-20(26-15)25-12-3-5-13(6-4-12)30-19(22)23/h3-10,19H,2H2,1H3,(H3,24,25,26,27). The minimum atomic E-state index is -2.88. The van der Waals surface area contributed by atoms with Crippen molar-refractivity contribution < 1.29 is 13.5 Å². The Balaban J connectivity index is 1.71. The summed E-state index contributed by atoms with van der Waals surface area (Å²) in [5, 5.41) is 8.19. The lowest BCUT2D eigenvalue weighted by molar-refractivity contribution is -0.0498. The lowest BCUT2D eigenvalue weighted by Gasteiger charge is -2.10. The van der Waals surface area contributed by atoms with Gasteiger partial charge >= 0.3 is 6.61 Å². The fourth-order valence-electron chi connectivity index (χ4n) is 3.09. The van der Waals surface area contributed by atoms with E-state index >= 15 is 0 Å². The minimum absolute atomic E-state index is 0.0561. The molecule has 154 valence electrons. The summed E-state index contributed by atoms with van der Waals surface area (Å²) in [6, 6.07) is 11.2. The van der Waals surface area contributed by atoms with Crippen LogP contribution in [0.25, 0.3) is 16.8 Å². The van der Waals surface area contributed by atoms with Crippen molar-refractivity contribution in [2.45, 2.75) is 20.0 Å². The summed E-state index contributed by atoms with van der Waals surface area (Å²) in [5.41, 5.74) is 9.66. The first-order chi connectivity index (χ1) is 14.4. The van der Waals surface area contributed by atoms with E-state index < -0.39 is 6.61 Å². The van der Waals surface area contributed by atoms with Crippen molar-refractivity contribution >= 4 is 34.6 Å². The van der Waals surface area contributed by atoms with Crippen molar-refractivity contribution in [1.82, 2.24) is 19.6 Å². The van der Waals surface area contributed by atoms with Gasteiger partial charge in [-0.2, -0.15) is 18.9 Å². The summed E-state index contributed by atoms with van der Waals surface area (Å²) >= 11 is 6.18. The number of benzene rings is 1. The van der Waals surface area contributed by atoms with Crippen LogP contribution < -0.4 is 15.8 Å². The van der Waals surface area contributed by atoms with Crippen LogP contribution in [-0.4, -0.2) is 26.2 Å². The highest BCUT2D eigenvalue weighted by molar-refractivity contribution is 6.31. The third-order valence-corrected chi connectivity index (χ3v) is 4.58. The molecular formula is C20H17ClF2N6O. The molecule has 4 rings (SSSR count). The number of nitrogen functional groups attached to an aromatic ring is 1. The molecule has 10 heteroatoms. The molecule has 0 amide bonds. The zero-order chi connectivity index (χ0) is 21.3. The van der Waals surface area contributed by atoms with Crippen molar-refractivity contribution in [1.29, 1.82) is 0 Å². The van der Waals surface area contributed by atoms with E-state index in [0.29, 0.717) is 22.8 Å². The number of halogens is 3. The van der Waals surface area contributed by atoms with Gasteiger partial charge in [-0.1, -0.05) is 18.5 Å². The van der Waals surface area contributed by atoms with Gasteiger partial charge in [-0.15, -0.1) is 0 Å². The number of nitrogens with one attached hydrogen (secondary N) is 1. The predicted octanol–water partition coefficient (Wildman–Crippen LogP) is 4.93. The highest BCUT2D eigenvalue weighted by Gasteiger charge is 2.17. The van der Waals surface area contributed by atoms with Crippen LogP contribution in [0.5, 0.6) is 5.75 Å². The molecule has 0 aliphatic heterocycles. The summed E-state index contributed by atoms with van der Waals surface area (Å²) in [4.78, 5) is 8.79. The molecule has 0 aliphatic carbocycles. The summed E-state index contributed by atoms with van der Waals surface area (Å²) in [6.07, 6.45) is 2.47. The number of anilines is 3. The molecule has 0 fully saturated rings. The van der Waals surface area contributed by atoms with E-state index in [0.717, 1.165) is 16.8 Å². The maximum Gasteiger partial charge on any atom is 0.387 e. The molecule has 0 spiro atoms. The van der Waals surface area contributed by atoms with Gasteiger partial charge in [0.2, 0.25) is 5.95 Å². The molecule has 4 aromatic rings. The summed E-state index contributed by atoms with van der Waals surface area (Å²) < 4.78 is 30.7. The number of aromatic nitrogens is 4. The second-order valence-electron chi connectivity index (χ2n) is 6.38. The Hall–Kier alpha value is -3.46. The van der Waals surface area contributed by atoms with Gasteiger partial charge in [-0.05, 0) is 42.8 Å². The summed E-state index contributed by atoms with van der Waals surface area (Å²) in [6.45, 7) is -0.879. The summed E-state index contributed by atoms with van der Waals surface area (Å²) in [5.74, 6) is 0.583. The molecule has 3 N–H and O–H groups in total. The largest absolute Gasteiger partial charge is 0.435 e. The Morgan fingerprint density at radius 3 is 2.63 bits per heavy atom. The average molecular weight is 431 g/mol. The highest BCUT2D eigenvalue weighted by atomic mass is 35.5. The van der Waals surface area contributed by atoms with E-state index in [9.17, 15) is 8.78 Å². The first kappa shape index (κ1) is 19.8. The molecule has 3 heterocycles. The Morgan fingerprint density at radius 2 is 1.93 bits per heavy atom. The molecule has 0 unspecified atom stereocenters. The van der Waals surface area contributed by atoms with Crippen LogP contribution in [0.3, 0.4) is 0 Å². The third kappa shape index (κ3) is 4.11. The first-order valence-electron chi connectivity index (χ1n) is 9.06. The zero-order valence-electron chi connectivity index (χ0n) is 15.8. The number of ether oxygens (including phenoxy) is 1. The topological polar surface area (TPSA) is 90.4 Å². The Morgan fingerprint density at radius 1 is 1.17 bits per heavy atom. The normalized spacial score (nSPS) is 11.2. The number of nitrogens with two attached hydrogens (primary N) is 1. The maximum atomic E-state index is 12.3. The Labute approximate surface area is 175 Å². The smallest absolute Gasteiger partial charge is 0.387 e. The fraction of sp³-hybridized carbons (Fsp3) is 0.150. The van der Waals surface area contributed by atoms with Crippen molar-refractivity contribution in [3.8, 4) is 17.0 Å². The first-order valence-corrected chi connectivity index (χ1v) is 9.44. The molecule has 0 bridgehead atoms. The van der Waals surface area contributed by atoms with E-state index in [1.165, 1.54) is 12.1 Å². The van der Waals surface area contributed by atoms with Gasteiger partial charge in [0.05, 0.1) is 16.9 Å². The average Bonchev–Trinajstić information content (AvgIpc) is 3.06. The van der Waals surface area contributed by atoms with Gasteiger partial charge in [0.1, 0.15) is 11.6 Å². The van der Waals surface area contributed by atoms with E-state index in [2.05, 4.69) is 25.1 Å². The zero-order valence-corrected chi connectivity index (χ0v) is 16.6. The predicted molar refractivity (Wildman–Crippen MR) is 111 cm³/mol. The van der Waals surface area contributed by atoms with Crippen LogP contribution in [0.1, 0.15) is 12.6 Å². The third-order valence-electron chi connectivity index (χ3n) is 4.34. The quantitative estimate of drug-likeness (QED) is 0.450. The molecule has 0 saturated carbocycles. The highest BCUT2D eigenvalue weighted by Crippen LogP contribution is 2.31. The van der Waals surface area contributed by atoms with Gasteiger partial charge < -0.3 is 15.8 Å². The van der Waals surface area contributed by atoms with Crippen LogP contribution in [-0.2, 0) is 6.42 Å². The van der Waals surface area contributed by atoms with E-state index in [-0.39, 0.29) is 17.5 Å². The van der Waals surface area contributed by atoms with Gasteiger partial charge in [0.15, 0.2) is 0 Å². The molecular weight excluding hydrogens is 414 g/mol. The lowest BCUT2D eigenvalue weighted by atomic mass is 10.1. The molecule has 3 aromatic heterocycles. The monoisotopic (exact) mass is 430 g/mol. The van der Waals surface area contributed by atoms with Crippen molar-refractivity contribution in [3.05, 3.63) is 59.4 Å². The van der Waals surface area contributed by atoms with Gasteiger partial charge in [0.25, 0.3) is 0 Å².